The molecule has 0 saturated carbocycles. The zero-order valence-corrected chi connectivity index (χ0v) is 11.7. The maximum absolute atomic E-state index is 6.09. The predicted molar refractivity (Wildman–Crippen MR) is 77.8 cm³/mol. The molecule has 2 aromatic rings. The van der Waals surface area contributed by atoms with Crippen LogP contribution in [0.2, 0.25) is 0 Å². The number of hydrogen-bond acceptors (Lipinski definition) is 4. The molecule has 2 fully saturated rings. The Bertz CT molecular complexity index is 616. The van der Waals surface area contributed by atoms with Crippen molar-refractivity contribution in [1.82, 2.24) is 14.9 Å². The molecule has 0 spiro atoms. The van der Waals surface area contributed by atoms with Crippen LogP contribution < -0.4 is 4.74 Å². The summed E-state index contributed by atoms with van der Waals surface area (Å²) in [6, 6.07) is 9.29. The Labute approximate surface area is 118 Å². The van der Waals surface area contributed by atoms with E-state index in [9.17, 15) is 0 Å². The number of fused-ring (bicyclic) bond motifs is 3. The van der Waals surface area contributed by atoms with E-state index in [2.05, 4.69) is 21.9 Å². The second-order valence-corrected chi connectivity index (χ2v) is 5.96. The van der Waals surface area contributed by atoms with Crippen LogP contribution >= 0.6 is 0 Å². The summed E-state index contributed by atoms with van der Waals surface area (Å²) in [6.45, 7) is 0. The fraction of sp³-hybridized carbons (Fsp3) is 0.500. The number of piperidine rings is 1. The highest BCUT2D eigenvalue weighted by Crippen LogP contribution is 2.35. The first-order valence-corrected chi connectivity index (χ1v) is 7.40. The number of aromatic nitrogens is 2. The molecule has 4 rings (SSSR count). The van der Waals surface area contributed by atoms with Crippen LogP contribution in [0.5, 0.6) is 5.88 Å². The zero-order chi connectivity index (χ0) is 13.5. The SMILES string of the molecule is CN1[C@@H]2CC[C@H]1C[C@H](Oc1cnc3ccccc3n1)C2. The Morgan fingerprint density at radius 2 is 1.80 bits per heavy atom. The third-order valence-corrected chi connectivity index (χ3v) is 4.77. The van der Waals surface area contributed by atoms with Crippen LogP contribution in [0.15, 0.2) is 30.5 Å². The monoisotopic (exact) mass is 269 g/mol. The zero-order valence-electron chi connectivity index (χ0n) is 11.7. The van der Waals surface area contributed by atoms with Gasteiger partial charge in [-0.15, -0.1) is 0 Å². The van der Waals surface area contributed by atoms with Crippen molar-refractivity contribution in [3.8, 4) is 5.88 Å². The lowest BCUT2D eigenvalue weighted by atomic mass is 10.0. The molecule has 0 aliphatic carbocycles. The Hall–Kier alpha value is -1.68. The normalized spacial score (nSPS) is 29.8. The van der Waals surface area contributed by atoms with Gasteiger partial charge in [-0.25, -0.2) is 9.97 Å². The molecule has 2 bridgehead atoms. The van der Waals surface area contributed by atoms with Gasteiger partial charge in [0.1, 0.15) is 6.10 Å². The Morgan fingerprint density at radius 1 is 1.10 bits per heavy atom. The quantitative estimate of drug-likeness (QED) is 0.840. The highest BCUT2D eigenvalue weighted by atomic mass is 16.5. The van der Waals surface area contributed by atoms with E-state index < -0.39 is 0 Å². The molecule has 3 atom stereocenters. The Balaban J connectivity index is 1.53. The van der Waals surface area contributed by atoms with Crippen molar-refractivity contribution in [2.75, 3.05) is 7.05 Å². The Morgan fingerprint density at radius 3 is 2.55 bits per heavy atom. The van der Waals surface area contributed by atoms with Crippen molar-refractivity contribution < 1.29 is 4.74 Å². The largest absolute Gasteiger partial charge is 0.473 e. The van der Waals surface area contributed by atoms with E-state index >= 15 is 0 Å². The van der Waals surface area contributed by atoms with Gasteiger partial charge in [0, 0.05) is 12.1 Å². The van der Waals surface area contributed by atoms with Gasteiger partial charge in [-0.1, -0.05) is 12.1 Å². The molecule has 2 saturated heterocycles. The first-order chi connectivity index (χ1) is 9.79. The van der Waals surface area contributed by atoms with E-state index in [4.69, 9.17) is 4.74 Å². The molecule has 1 aromatic carbocycles. The van der Waals surface area contributed by atoms with Crippen LogP contribution in [0.1, 0.15) is 25.7 Å². The summed E-state index contributed by atoms with van der Waals surface area (Å²) in [4.78, 5) is 11.5. The summed E-state index contributed by atoms with van der Waals surface area (Å²) in [5.41, 5.74) is 1.82. The van der Waals surface area contributed by atoms with Gasteiger partial charge in [0.05, 0.1) is 17.2 Å². The van der Waals surface area contributed by atoms with Gasteiger partial charge in [0.15, 0.2) is 0 Å². The van der Waals surface area contributed by atoms with Gasteiger partial charge in [-0.2, -0.15) is 0 Å². The minimum absolute atomic E-state index is 0.291. The third-order valence-electron chi connectivity index (χ3n) is 4.77. The van der Waals surface area contributed by atoms with Crippen LogP contribution in [0.3, 0.4) is 0 Å². The van der Waals surface area contributed by atoms with Gasteiger partial charge in [0.2, 0.25) is 5.88 Å². The maximum atomic E-state index is 6.09. The van der Waals surface area contributed by atoms with Gasteiger partial charge in [0.25, 0.3) is 0 Å². The first-order valence-electron chi connectivity index (χ1n) is 7.40. The summed E-state index contributed by atoms with van der Waals surface area (Å²) < 4.78 is 6.09. The fourth-order valence-electron chi connectivity index (χ4n) is 3.63. The topological polar surface area (TPSA) is 38.2 Å². The van der Waals surface area contributed by atoms with Crippen LogP contribution in [0.25, 0.3) is 11.0 Å². The predicted octanol–water partition coefficient (Wildman–Crippen LogP) is 2.63. The number of hydrogen-bond donors (Lipinski definition) is 0. The second-order valence-electron chi connectivity index (χ2n) is 5.96. The van der Waals surface area contributed by atoms with E-state index in [1.165, 1.54) is 12.8 Å². The lowest BCUT2D eigenvalue weighted by molar-refractivity contribution is 0.0632. The molecular formula is C16H19N3O. The maximum Gasteiger partial charge on any atom is 0.233 e. The highest BCUT2D eigenvalue weighted by molar-refractivity contribution is 5.73. The molecule has 0 radical (unpaired) electrons. The molecule has 104 valence electrons. The van der Waals surface area contributed by atoms with Crippen molar-refractivity contribution >= 4 is 11.0 Å². The van der Waals surface area contributed by atoms with Crippen molar-refractivity contribution in [3.05, 3.63) is 30.5 Å². The van der Waals surface area contributed by atoms with Crippen LogP contribution in [0.4, 0.5) is 0 Å². The van der Waals surface area contributed by atoms with E-state index in [-0.39, 0.29) is 0 Å². The highest BCUT2D eigenvalue weighted by Gasteiger charge is 2.39. The molecule has 0 amide bonds. The van der Waals surface area contributed by atoms with Crippen LogP contribution in [-0.2, 0) is 0 Å². The number of rotatable bonds is 2. The number of ether oxygens (including phenoxy) is 1. The molecule has 20 heavy (non-hydrogen) atoms. The summed E-state index contributed by atoms with van der Waals surface area (Å²) in [6.07, 6.45) is 6.89. The van der Waals surface area contributed by atoms with Crippen LogP contribution in [-0.4, -0.2) is 40.1 Å². The van der Waals surface area contributed by atoms with Crippen LogP contribution in [0, 0.1) is 0 Å². The molecule has 2 aliphatic heterocycles. The number of para-hydroxylation sites is 2. The van der Waals surface area contributed by atoms with Gasteiger partial charge >= 0.3 is 0 Å². The second kappa shape index (κ2) is 4.70. The molecule has 4 nitrogen and oxygen atoms in total. The lowest BCUT2D eigenvalue weighted by Gasteiger charge is -2.35. The Kier molecular flexibility index (Phi) is 2.84. The summed E-state index contributed by atoms with van der Waals surface area (Å²) in [5, 5.41) is 0. The van der Waals surface area contributed by atoms with E-state index in [1.807, 2.05) is 24.3 Å². The summed E-state index contributed by atoms with van der Waals surface area (Å²) in [5.74, 6) is 0.664. The average molecular weight is 269 g/mol. The van der Waals surface area contributed by atoms with Gasteiger partial charge < -0.3 is 9.64 Å². The van der Waals surface area contributed by atoms with E-state index in [1.54, 1.807) is 6.20 Å². The minimum atomic E-state index is 0.291. The van der Waals surface area contributed by atoms with E-state index in [0.717, 1.165) is 23.9 Å². The van der Waals surface area contributed by atoms with Crippen molar-refractivity contribution in [3.63, 3.8) is 0 Å². The molecule has 0 unspecified atom stereocenters. The van der Waals surface area contributed by atoms with Gasteiger partial charge in [-0.05, 0) is 44.9 Å². The smallest absolute Gasteiger partial charge is 0.233 e. The molecule has 0 N–H and O–H groups in total. The number of nitrogens with zero attached hydrogens (tertiary/aromatic N) is 3. The average Bonchev–Trinajstić information content (AvgIpc) is 2.70. The molecule has 4 heteroatoms. The minimum Gasteiger partial charge on any atom is -0.473 e. The van der Waals surface area contributed by atoms with Crippen molar-refractivity contribution in [2.45, 2.75) is 43.9 Å². The molecule has 3 heterocycles. The van der Waals surface area contributed by atoms with E-state index in [0.29, 0.717) is 24.1 Å². The van der Waals surface area contributed by atoms with Crippen molar-refractivity contribution in [2.24, 2.45) is 0 Å². The molecular weight excluding hydrogens is 250 g/mol. The van der Waals surface area contributed by atoms with Crippen molar-refractivity contribution in [1.29, 1.82) is 0 Å². The number of benzene rings is 1. The molecule has 1 aromatic heterocycles. The first kappa shape index (κ1) is 12.1. The fourth-order valence-corrected chi connectivity index (χ4v) is 3.63. The lowest BCUT2D eigenvalue weighted by Crippen LogP contribution is -2.43. The van der Waals surface area contributed by atoms with Gasteiger partial charge in [-0.3, -0.25) is 0 Å². The molecule has 2 aliphatic rings. The summed E-state index contributed by atoms with van der Waals surface area (Å²) >= 11 is 0. The summed E-state index contributed by atoms with van der Waals surface area (Å²) in [7, 11) is 2.24. The third kappa shape index (κ3) is 2.04. The standard InChI is InChI=1S/C16H19N3O/c1-19-11-6-7-12(19)9-13(8-11)20-16-10-17-14-4-2-3-5-15(14)18-16/h2-5,10-13H,6-9H2,1H3/t11-,12+,13-.